The third-order valence-corrected chi connectivity index (χ3v) is 2.90. The second-order valence-corrected chi connectivity index (χ2v) is 4.54. The predicted octanol–water partition coefficient (Wildman–Crippen LogP) is 3.54. The molecule has 0 aliphatic rings. The molecule has 0 aliphatic carbocycles. The molecular weight excluding hydrogens is 298 g/mol. The van der Waals surface area contributed by atoms with Crippen molar-refractivity contribution in [3.8, 4) is 17.6 Å². The Bertz CT molecular complexity index is 705. The van der Waals surface area contributed by atoms with Gasteiger partial charge in [-0.2, -0.15) is 0 Å². The number of halogens is 3. The Hall–Kier alpha value is -2.09. The lowest BCUT2D eigenvalue weighted by molar-refractivity contribution is 0.298. The second kappa shape index (κ2) is 7.07. The average molecular weight is 309 g/mol. The summed E-state index contributed by atoms with van der Waals surface area (Å²) in [5.74, 6) is 4.13. The molecule has 0 saturated heterocycles. The molecule has 0 atom stereocenters. The van der Waals surface area contributed by atoms with Gasteiger partial charge < -0.3 is 9.84 Å². The van der Waals surface area contributed by atoms with Crippen molar-refractivity contribution in [2.24, 2.45) is 0 Å². The van der Waals surface area contributed by atoms with Crippen molar-refractivity contribution in [2.45, 2.75) is 6.61 Å². The third-order valence-electron chi connectivity index (χ3n) is 2.61. The van der Waals surface area contributed by atoms with E-state index in [0.29, 0.717) is 5.56 Å². The summed E-state index contributed by atoms with van der Waals surface area (Å²) in [4.78, 5) is 0. The summed E-state index contributed by atoms with van der Waals surface area (Å²) in [6.45, 7) is -0.400. The maximum Gasteiger partial charge on any atom is 0.148 e. The molecule has 2 rings (SSSR count). The van der Waals surface area contributed by atoms with Gasteiger partial charge >= 0.3 is 0 Å². The van der Waals surface area contributed by atoms with Gasteiger partial charge in [-0.05, 0) is 18.2 Å². The van der Waals surface area contributed by atoms with Gasteiger partial charge in [0.2, 0.25) is 0 Å². The second-order valence-electron chi connectivity index (χ2n) is 4.14. The van der Waals surface area contributed by atoms with Gasteiger partial charge in [0.25, 0.3) is 0 Å². The Morgan fingerprint density at radius 1 is 1.19 bits per heavy atom. The van der Waals surface area contributed by atoms with E-state index in [0.717, 1.165) is 0 Å². The lowest BCUT2D eigenvalue weighted by atomic mass is 10.2. The van der Waals surface area contributed by atoms with Crippen molar-refractivity contribution in [3.05, 3.63) is 64.2 Å². The van der Waals surface area contributed by atoms with Crippen LogP contribution >= 0.6 is 11.6 Å². The first-order valence-corrected chi connectivity index (χ1v) is 6.44. The molecule has 0 amide bonds. The van der Waals surface area contributed by atoms with Crippen molar-refractivity contribution in [1.82, 2.24) is 0 Å². The fraction of sp³-hybridized carbons (Fsp3) is 0.125. The summed E-state index contributed by atoms with van der Waals surface area (Å²) in [6.07, 6.45) is 0. The minimum atomic E-state index is -0.559. The van der Waals surface area contributed by atoms with Crippen LogP contribution in [0.25, 0.3) is 0 Å². The highest BCUT2D eigenvalue weighted by atomic mass is 35.5. The molecule has 0 aromatic heterocycles. The Morgan fingerprint density at radius 3 is 2.76 bits per heavy atom. The number of hydrogen-bond acceptors (Lipinski definition) is 2. The van der Waals surface area contributed by atoms with Crippen LogP contribution in [0.4, 0.5) is 8.78 Å². The van der Waals surface area contributed by atoms with Gasteiger partial charge in [0.15, 0.2) is 0 Å². The number of hydrogen-bond donors (Lipinski definition) is 1. The van der Waals surface area contributed by atoms with Crippen molar-refractivity contribution in [1.29, 1.82) is 0 Å². The molecule has 0 unspecified atom stereocenters. The number of aliphatic hydroxyl groups is 1. The molecule has 0 saturated carbocycles. The topological polar surface area (TPSA) is 29.5 Å². The molecule has 0 aliphatic heterocycles. The van der Waals surface area contributed by atoms with Crippen molar-refractivity contribution in [3.63, 3.8) is 0 Å². The minimum Gasteiger partial charge on any atom is -0.489 e. The van der Waals surface area contributed by atoms with E-state index in [9.17, 15) is 8.78 Å². The molecule has 0 spiro atoms. The molecule has 21 heavy (non-hydrogen) atoms. The van der Waals surface area contributed by atoms with Gasteiger partial charge in [-0.3, -0.25) is 0 Å². The highest BCUT2D eigenvalue weighted by molar-refractivity contribution is 6.30. The normalized spacial score (nSPS) is 9.90. The van der Waals surface area contributed by atoms with E-state index in [1.807, 2.05) is 0 Å². The van der Waals surface area contributed by atoms with Crippen molar-refractivity contribution in [2.75, 3.05) is 6.61 Å². The zero-order valence-corrected chi connectivity index (χ0v) is 11.6. The van der Waals surface area contributed by atoms with Crippen LogP contribution in [0.2, 0.25) is 5.02 Å². The third kappa shape index (κ3) is 4.19. The van der Waals surface area contributed by atoms with Crippen molar-refractivity contribution < 1.29 is 18.6 Å². The van der Waals surface area contributed by atoms with Crippen LogP contribution in [-0.4, -0.2) is 11.7 Å². The number of rotatable bonds is 3. The van der Waals surface area contributed by atoms with E-state index in [2.05, 4.69) is 11.8 Å². The highest BCUT2D eigenvalue weighted by Gasteiger charge is 2.07. The van der Waals surface area contributed by atoms with Gasteiger partial charge in [0, 0.05) is 17.2 Å². The molecule has 0 radical (unpaired) electrons. The summed E-state index contributed by atoms with van der Waals surface area (Å²) < 4.78 is 32.5. The van der Waals surface area contributed by atoms with E-state index >= 15 is 0 Å². The monoisotopic (exact) mass is 308 g/mol. The molecule has 1 N–H and O–H groups in total. The predicted molar refractivity (Wildman–Crippen MR) is 76.1 cm³/mol. The van der Waals surface area contributed by atoms with Crippen LogP contribution in [0.1, 0.15) is 11.1 Å². The molecule has 2 nitrogen and oxygen atoms in total. The summed E-state index contributed by atoms with van der Waals surface area (Å²) >= 11 is 5.67. The Balaban J connectivity index is 2.16. The van der Waals surface area contributed by atoms with Gasteiger partial charge in [-0.25, -0.2) is 8.78 Å². The fourth-order valence-electron chi connectivity index (χ4n) is 1.68. The van der Waals surface area contributed by atoms with E-state index < -0.39 is 11.6 Å². The molecule has 0 bridgehead atoms. The number of aliphatic hydroxyl groups excluding tert-OH is 1. The van der Waals surface area contributed by atoms with E-state index in [1.54, 1.807) is 6.07 Å². The van der Waals surface area contributed by atoms with Crippen LogP contribution in [0.5, 0.6) is 5.75 Å². The van der Waals surface area contributed by atoms with Gasteiger partial charge in [-0.15, -0.1) is 0 Å². The standard InChI is InChI=1S/C16H11ClF2O2/c17-15-5-1-4-12(16(15)19)10-21-14-8-11(3-2-6-20)7-13(18)9-14/h1,4-5,7-9,20H,6,10H2. The smallest absolute Gasteiger partial charge is 0.148 e. The average Bonchev–Trinajstić information content (AvgIpc) is 2.46. The van der Waals surface area contributed by atoms with Gasteiger partial charge in [-0.1, -0.05) is 35.6 Å². The van der Waals surface area contributed by atoms with Crippen LogP contribution in [0.15, 0.2) is 36.4 Å². The van der Waals surface area contributed by atoms with Gasteiger partial charge in [0.05, 0.1) is 5.02 Å². The number of benzene rings is 2. The maximum absolute atomic E-state index is 13.7. The number of ether oxygens (including phenoxy) is 1. The van der Waals surface area contributed by atoms with E-state index in [1.165, 1.54) is 30.3 Å². The first kappa shape index (κ1) is 15.3. The first-order valence-electron chi connectivity index (χ1n) is 6.06. The lowest BCUT2D eigenvalue weighted by Crippen LogP contribution is -1.99. The lowest BCUT2D eigenvalue weighted by Gasteiger charge is -2.08. The van der Waals surface area contributed by atoms with Crippen LogP contribution < -0.4 is 4.74 Å². The summed E-state index contributed by atoms with van der Waals surface area (Å²) in [5.41, 5.74) is 0.639. The summed E-state index contributed by atoms with van der Waals surface area (Å²) in [6, 6.07) is 8.47. The molecule has 2 aromatic rings. The molecule has 0 heterocycles. The maximum atomic E-state index is 13.7. The molecular formula is C16H11ClF2O2. The molecule has 5 heteroatoms. The molecule has 0 fully saturated rings. The summed E-state index contributed by atoms with van der Waals surface area (Å²) in [7, 11) is 0. The zero-order chi connectivity index (χ0) is 15.2. The van der Waals surface area contributed by atoms with Crippen LogP contribution in [0.3, 0.4) is 0 Å². The highest BCUT2D eigenvalue weighted by Crippen LogP contribution is 2.21. The summed E-state index contributed by atoms with van der Waals surface area (Å²) in [5, 5.41) is 8.63. The van der Waals surface area contributed by atoms with Crippen LogP contribution in [-0.2, 0) is 6.61 Å². The van der Waals surface area contributed by atoms with Crippen LogP contribution in [0, 0.1) is 23.5 Å². The molecule has 2 aromatic carbocycles. The zero-order valence-electron chi connectivity index (χ0n) is 10.9. The Morgan fingerprint density at radius 2 is 2.00 bits per heavy atom. The van der Waals surface area contributed by atoms with E-state index in [-0.39, 0.29) is 29.5 Å². The Labute approximate surface area is 125 Å². The van der Waals surface area contributed by atoms with E-state index in [4.69, 9.17) is 21.4 Å². The largest absolute Gasteiger partial charge is 0.489 e. The minimum absolute atomic E-state index is 0.00448. The molecule has 108 valence electrons. The quantitative estimate of drug-likeness (QED) is 0.879. The Kier molecular flexibility index (Phi) is 5.15. The van der Waals surface area contributed by atoms with Gasteiger partial charge in [0.1, 0.15) is 30.6 Å². The van der Waals surface area contributed by atoms with Crippen molar-refractivity contribution >= 4 is 11.6 Å². The first-order chi connectivity index (χ1) is 10.1. The SMILES string of the molecule is OCC#Cc1cc(F)cc(OCc2cccc(Cl)c2F)c1. The fourth-order valence-corrected chi connectivity index (χ4v) is 1.87.